The van der Waals surface area contributed by atoms with Gasteiger partial charge in [0.15, 0.2) is 0 Å². The largest absolute Gasteiger partial charge is 0.462 e. The highest BCUT2D eigenvalue weighted by Gasteiger charge is 2.62. The van der Waals surface area contributed by atoms with Gasteiger partial charge in [0.2, 0.25) is 0 Å². The minimum absolute atomic E-state index is 0.0437. The number of hydrogen-bond donors (Lipinski definition) is 0. The molecule has 0 spiro atoms. The van der Waals surface area contributed by atoms with Crippen LogP contribution in [0.1, 0.15) is 47.0 Å². The van der Waals surface area contributed by atoms with Gasteiger partial charge in [-0.25, -0.2) is 0 Å². The fourth-order valence-corrected chi connectivity index (χ4v) is 5.50. The minimum Gasteiger partial charge on any atom is -0.462 e. The molecule has 4 nitrogen and oxygen atoms in total. The fourth-order valence-electron chi connectivity index (χ4n) is 4.38. The van der Waals surface area contributed by atoms with Gasteiger partial charge in [0.05, 0.1) is 18.6 Å². The van der Waals surface area contributed by atoms with Gasteiger partial charge in [-0.2, -0.15) is 11.8 Å². The third kappa shape index (κ3) is 3.78. The maximum atomic E-state index is 12.5. The molecule has 0 N–H and O–H groups in total. The van der Waals surface area contributed by atoms with Crippen LogP contribution in [0.15, 0.2) is 0 Å². The molecule has 140 valence electrons. The lowest BCUT2D eigenvalue weighted by Gasteiger charge is -2.38. The Bertz CT molecular complexity index is 439. The molecule has 0 aliphatic heterocycles. The van der Waals surface area contributed by atoms with Crippen molar-refractivity contribution in [2.45, 2.75) is 59.2 Å². The lowest BCUT2D eigenvalue weighted by atomic mass is 9.70. The summed E-state index contributed by atoms with van der Waals surface area (Å²) in [4.78, 5) is 12.5. The van der Waals surface area contributed by atoms with Gasteiger partial charge in [0.1, 0.15) is 6.10 Å². The molecule has 0 saturated heterocycles. The van der Waals surface area contributed by atoms with Crippen LogP contribution in [0.3, 0.4) is 0 Å². The summed E-state index contributed by atoms with van der Waals surface area (Å²) in [5.41, 5.74) is 0.418. The molecule has 2 aliphatic rings. The van der Waals surface area contributed by atoms with Crippen molar-refractivity contribution < 1.29 is 19.0 Å². The number of hydrogen-bond acceptors (Lipinski definition) is 5. The topological polar surface area (TPSA) is 44.8 Å². The van der Waals surface area contributed by atoms with E-state index < -0.39 is 0 Å². The Kier molecular flexibility index (Phi) is 6.65. The Labute approximate surface area is 151 Å². The lowest BCUT2D eigenvalue weighted by Crippen LogP contribution is -2.39. The maximum Gasteiger partial charge on any atom is 0.309 e. The molecule has 5 heteroatoms. The zero-order valence-electron chi connectivity index (χ0n) is 16.1. The molecular weight excluding hydrogens is 324 g/mol. The highest BCUT2D eigenvalue weighted by Crippen LogP contribution is 2.66. The van der Waals surface area contributed by atoms with Crippen molar-refractivity contribution in [3.8, 4) is 0 Å². The Balaban J connectivity index is 1.79. The summed E-state index contributed by atoms with van der Waals surface area (Å²) in [6, 6.07) is 0. The van der Waals surface area contributed by atoms with Crippen LogP contribution >= 0.6 is 11.8 Å². The van der Waals surface area contributed by atoms with Gasteiger partial charge in [-0.3, -0.25) is 4.79 Å². The summed E-state index contributed by atoms with van der Waals surface area (Å²) in [6.07, 6.45) is 3.66. The van der Waals surface area contributed by atoms with Gasteiger partial charge in [-0.1, -0.05) is 27.7 Å². The van der Waals surface area contributed by atoms with Gasteiger partial charge in [0, 0.05) is 31.1 Å². The number of ether oxygens (including phenoxy) is 3. The molecule has 2 rings (SSSR count). The molecule has 2 fully saturated rings. The maximum absolute atomic E-state index is 12.5. The molecule has 0 amide bonds. The molecule has 2 bridgehead atoms. The molecule has 24 heavy (non-hydrogen) atoms. The number of thioether (sulfide) groups is 1. The van der Waals surface area contributed by atoms with E-state index in [4.69, 9.17) is 14.2 Å². The third-order valence-corrected chi connectivity index (χ3v) is 8.08. The Morgan fingerprint density at radius 1 is 1.25 bits per heavy atom. The molecule has 2 aliphatic carbocycles. The van der Waals surface area contributed by atoms with Crippen molar-refractivity contribution in [2.24, 2.45) is 22.7 Å². The highest BCUT2D eigenvalue weighted by molar-refractivity contribution is 7.99. The SMILES string of the molecule is COCC(CSCC(C)C(=O)OC1CC2CCC1(C)C2(C)C)OC. The van der Waals surface area contributed by atoms with Crippen LogP contribution < -0.4 is 0 Å². The molecule has 0 radical (unpaired) electrons. The number of methoxy groups -OCH3 is 2. The molecule has 5 atom stereocenters. The van der Waals surface area contributed by atoms with Gasteiger partial charge in [-0.15, -0.1) is 0 Å². The zero-order chi connectivity index (χ0) is 18.0. The van der Waals surface area contributed by atoms with Crippen molar-refractivity contribution in [1.29, 1.82) is 0 Å². The summed E-state index contributed by atoms with van der Waals surface area (Å²) in [7, 11) is 3.37. The Morgan fingerprint density at radius 2 is 1.96 bits per heavy atom. The molecule has 0 heterocycles. The highest BCUT2D eigenvalue weighted by atomic mass is 32.2. The van der Waals surface area contributed by atoms with Gasteiger partial charge in [-0.05, 0) is 30.6 Å². The van der Waals surface area contributed by atoms with Crippen LogP contribution in [-0.2, 0) is 19.0 Å². The number of rotatable bonds is 9. The van der Waals surface area contributed by atoms with Crippen molar-refractivity contribution in [2.75, 3.05) is 32.3 Å². The molecule has 0 aromatic rings. The van der Waals surface area contributed by atoms with E-state index >= 15 is 0 Å². The summed E-state index contributed by atoms with van der Waals surface area (Å²) in [5, 5.41) is 0. The predicted octanol–water partition coefficient (Wildman–Crippen LogP) is 3.78. The zero-order valence-corrected chi connectivity index (χ0v) is 16.9. The average Bonchev–Trinajstić information content (AvgIpc) is 2.87. The third-order valence-electron chi connectivity index (χ3n) is 6.73. The monoisotopic (exact) mass is 358 g/mol. The van der Waals surface area contributed by atoms with E-state index in [2.05, 4.69) is 20.8 Å². The van der Waals surface area contributed by atoms with Crippen molar-refractivity contribution in [3.05, 3.63) is 0 Å². The van der Waals surface area contributed by atoms with Crippen molar-refractivity contribution >= 4 is 17.7 Å². The summed E-state index contributed by atoms with van der Waals surface area (Å²) >= 11 is 1.73. The van der Waals surface area contributed by atoms with Crippen LogP contribution in [0.5, 0.6) is 0 Å². The number of carbonyl (C=O) groups is 1. The number of carbonyl (C=O) groups excluding carboxylic acids is 1. The van der Waals surface area contributed by atoms with E-state index in [1.54, 1.807) is 26.0 Å². The molecule has 2 saturated carbocycles. The molecular formula is C19H34O4S. The fraction of sp³-hybridized carbons (Fsp3) is 0.947. The van der Waals surface area contributed by atoms with E-state index in [-0.39, 0.29) is 34.9 Å². The van der Waals surface area contributed by atoms with Crippen LogP contribution in [-0.4, -0.2) is 50.5 Å². The van der Waals surface area contributed by atoms with Crippen LogP contribution in [0.2, 0.25) is 0 Å². The Morgan fingerprint density at radius 3 is 2.46 bits per heavy atom. The first-order valence-electron chi connectivity index (χ1n) is 9.06. The smallest absolute Gasteiger partial charge is 0.309 e. The van der Waals surface area contributed by atoms with Gasteiger partial charge in [0.25, 0.3) is 0 Å². The molecule has 0 aromatic carbocycles. The van der Waals surface area contributed by atoms with E-state index in [9.17, 15) is 4.79 Å². The van der Waals surface area contributed by atoms with E-state index in [0.29, 0.717) is 12.5 Å². The first-order chi connectivity index (χ1) is 11.3. The quantitative estimate of drug-likeness (QED) is 0.587. The number of fused-ring (bicyclic) bond motifs is 2. The molecule has 5 unspecified atom stereocenters. The number of esters is 1. The van der Waals surface area contributed by atoms with Crippen LogP contribution in [0.4, 0.5) is 0 Å². The van der Waals surface area contributed by atoms with Gasteiger partial charge < -0.3 is 14.2 Å². The summed E-state index contributed by atoms with van der Waals surface area (Å²) in [5.74, 6) is 2.16. The van der Waals surface area contributed by atoms with E-state index in [1.165, 1.54) is 12.8 Å². The summed E-state index contributed by atoms with van der Waals surface area (Å²) < 4.78 is 16.4. The van der Waals surface area contributed by atoms with Crippen LogP contribution in [0.25, 0.3) is 0 Å². The predicted molar refractivity (Wildman–Crippen MR) is 98.3 cm³/mol. The average molecular weight is 359 g/mol. The second-order valence-electron chi connectivity index (χ2n) is 8.29. The first kappa shape index (κ1) is 20.1. The van der Waals surface area contributed by atoms with E-state index in [0.717, 1.165) is 17.9 Å². The summed E-state index contributed by atoms with van der Waals surface area (Å²) in [6.45, 7) is 9.55. The first-order valence-corrected chi connectivity index (χ1v) is 10.2. The van der Waals surface area contributed by atoms with Gasteiger partial charge >= 0.3 is 5.97 Å². The Hall–Kier alpha value is -0.260. The lowest BCUT2D eigenvalue weighted by molar-refractivity contribution is -0.160. The second-order valence-corrected chi connectivity index (χ2v) is 9.36. The molecule has 0 aromatic heterocycles. The second kappa shape index (κ2) is 7.96. The normalized spacial score (nSPS) is 33.4. The van der Waals surface area contributed by atoms with E-state index in [1.807, 2.05) is 6.92 Å². The minimum atomic E-state index is -0.0825. The standard InChI is InChI=1S/C19H34O4S/c1-13(11-24-12-15(22-6)10-21-5)17(20)23-16-9-14-7-8-19(16,4)18(14,2)3/h13-16H,7-12H2,1-6H3. The van der Waals surface area contributed by atoms with Crippen LogP contribution in [0, 0.1) is 22.7 Å². The van der Waals surface area contributed by atoms with Crippen molar-refractivity contribution in [1.82, 2.24) is 0 Å². The van der Waals surface area contributed by atoms with Crippen molar-refractivity contribution in [3.63, 3.8) is 0 Å².